The van der Waals surface area contributed by atoms with Crippen molar-refractivity contribution in [2.45, 2.75) is 6.42 Å². The number of nitrogens with zero attached hydrogens (tertiary/aromatic N) is 2. The molecule has 1 aliphatic heterocycles. The van der Waals surface area contributed by atoms with Crippen molar-refractivity contribution in [3.63, 3.8) is 0 Å². The van der Waals surface area contributed by atoms with Crippen molar-refractivity contribution < 1.29 is 14.3 Å². The number of hydrogen-bond acceptors (Lipinski definition) is 5. The predicted octanol–water partition coefficient (Wildman–Crippen LogP) is 0.794. The lowest BCUT2D eigenvalue weighted by Crippen LogP contribution is -2.35. The number of nitrogens with one attached hydrogen (secondary N) is 2. The topological polar surface area (TPSA) is 89.1 Å². The number of ether oxygens (including phenoxy) is 2. The first kappa shape index (κ1) is 13.4. The number of aromatic nitrogens is 3. The molecule has 1 atom stereocenters. The summed E-state index contributed by atoms with van der Waals surface area (Å²) in [6.45, 7) is 1.11. The van der Waals surface area contributed by atoms with Crippen LogP contribution in [0, 0.1) is 5.92 Å². The smallest absolute Gasteiger partial charge is 0.273 e. The fraction of sp³-hybridized carbons (Fsp3) is 0.357. The number of hydrogen-bond donors (Lipinski definition) is 2. The van der Waals surface area contributed by atoms with E-state index in [1.807, 2.05) is 18.2 Å². The summed E-state index contributed by atoms with van der Waals surface area (Å²) in [4.78, 5) is 11.8. The van der Waals surface area contributed by atoms with Crippen LogP contribution in [-0.4, -0.2) is 41.6 Å². The van der Waals surface area contributed by atoms with Gasteiger partial charge in [0.1, 0.15) is 11.5 Å². The molecule has 0 aliphatic carbocycles. The van der Waals surface area contributed by atoms with Crippen molar-refractivity contribution in [3.8, 4) is 11.5 Å². The molecule has 1 aliphatic rings. The van der Waals surface area contributed by atoms with E-state index in [1.165, 1.54) is 6.20 Å². The standard InChI is InChI=1S/C14H16N4O3/c1-20-11-3-2-10-4-9(8-21-13(10)5-11)6-15-14(19)12-7-16-18-17-12/h2-3,5,7,9H,4,6,8H2,1H3,(H,15,19)(H,16,17,18). The monoisotopic (exact) mass is 288 g/mol. The van der Waals surface area contributed by atoms with Gasteiger partial charge in [-0.1, -0.05) is 6.07 Å². The summed E-state index contributed by atoms with van der Waals surface area (Å²) in [5.74, 6) is 1.64. The van der Waals surface area contributed by atoms with Crippen molar-refractivity contribution in [1.29, 1.82) is 0 Å². The van der Waals surface area contributed by atoms with Gasteiger partial charge in [-0.15, -0.1) is 0 Å². The first-order valence-corrected chi connectivity index (χ1v) is 6.70. The summed E-state index contributed by atoms with van der Waals surface area (Å²) in [6.07, 6.45) is 2.26. The van der Waals surface area contributed by atoms with Crippen LogP contribution >= 0.6 is 0 Å². The molecule has 1 aromatic carbocycles. The van der Waals surface area contributed by atoms with E-state index in [2.05, 4.69) is 20.7 Å². The molecule has 0 bridgehead atoms. The Hall–Kier alpha value is -2.57. The lowest BCUT2D eigenvalue weighted by molar-refractivity contribution is 0.0934. The molecular formula is C14H16N4O3. The summed E-state index contributed by atoms with van der Waals surface area (Å²) >= 11 is 0. The highest BCUT2D eigenvalue weighted by Gasteiger charge is 2.21. The van der Waals surface area contributed by atoms with E-state index in [0.717, 1.165) is 23.5 Å². The number of benzene rings is 1. The van der Waals surface area contributed by atoms with Gasteiger partial charge in [-0.3, -0.25) is 4.79 Å². The highest BCUT2D eigenvalue weighted by molar-refractivity contribution is 5.91. The van der Waals surface area contributed by atoms with E-state index < -0.39 is 0 Å². The molecule has 110 valence electrons. The Bertz CT molecular complexity index is 627. The maximum atomic E-state index is 11.8. The summed E-state index contributed by atoms with van der Waals surface area (Å²) in [5.41, 5.74) is 1.42. The van der Waals surface area contributed by atoms with Gasteiger partial charge in [-0.05, 0) is 18.1 Å². The van der Waals surface area contributed by atoms with Crippen LogP contribution in [0.3, 0.4) is 0 Å². The van der Waals surface area contributed by atoms with Crippen LogP contribution in [0.1, 0.15) is 16.1 Å². The molecule has 2 heterocycles. The van der Waals surface area contributed by atoms with Gasteiger partial charge < -0.3 is 14.8 Å². The number of aromatic amines is 1. The van der Waals surface area contributed by atoms with Gasteiger partial charge in [0.25, 0.3) is 5.91 Å². The molecule has 1 amide bonds. The zero-order chi connectivity index (χ0) is 14.7. The predicted molar refractivity (Wildman–Crippen MR) is 74.4 cm³/mol. The van der Waals surface area contributed by atoms with Crippen LogP contribution in [0.2, 0.25) is 0 Å². The molecule has 0 radical (unpaired) electrons. The number of carbonyl (C=O) groups is 1. The van der Waals surface area contributed by atoms with E-state index in [0.29, 0.717) is 13.2 Å². The van der Waals surface area contributed by atoms with Crippen molar-refractivity contribution in [2.75, 3.05) is 20.3 Å². The largest absolute Gasteiger partial charge is 0.497 e. The maximum absolute atomic E-state index is 11.8. The zero-order valence-electron chi connectivity index (χ0n) is 11.6. The van der Waals surface area contributed by atoms with Gasteiger partial charge in [0, 0.05) is 18.5 Å². The average molecular weight is 288 g/mol. The maximum Gasteiger partial charge on any atom is 0.273 e. The summed E-state index contributed by atoms with van der Waals surface area (Å²) in [6, 6.07) is 5.80. The molecule has 7 heteroatoms. The average Bonchev–Trinajstić information content (AvgIpc) is 3.06. The number of rotatable bonds is 4. The SMILES string of the molecule is COc1ccc2c(c1)OCC(CNC(=O)c1cn[nH]n1)C2. The van der Waals surface area contributed by atoms with Crippen molar-refractivity contribution in [3.05, 3.63) is 35.7 Å². The molecule has 0 fully saturated rings. The number of methoxy groups -OCH3 is 1. The van der Waals surface area contributed by atoms with Crippen molar-refractivity contribution in [1.82, 2.24) is 20.7 Å². The molecular weight excluding hydrogens is 272 g/mol. The van der Waals surface area contributed by atoms with Crippen LogP contribution in [0.15, 0.2) is 24.4 Å². The number of carbonyl (C=O) groups excluding carboxylic acids is 1. The second-order valence-corrected chi connectivity index (χ2v) is 4.92. The molecule has 1 unspecified atom stereocenters. The Kier molecular flexibility index (Phi) is 3.72. The molecule has 0 spiro atoms. The van der Waals surface area contributed by atoms with Gasteiger partial charge >= 0.3 is 0 Å². The first-order chi connectivity index (χ1) is 10.3. The highest BCUT2D eigenvalue weighted by atomic mass is 16.5. The molecule has 21 heavy (non-hydrogen) atoms. The fourth-order valence-corrected chi connectivity index (χ4v) is 2.31. The van der Waals surface area contributed by atoms with Crippen LogP contribution in [0.5, 0.6) is 11.5 Å². The number of H-pyrrole nitrogens is 1. The third kappa shape index (κ3) is 2.96. The van der Waals surface area contributed by atoms with Gasteiger partial charge in [0.05, 0.1) is 19.9 Å². The molecule has 1 aromatic heterocycles. The quantitative estimate of drug-likeness (QED) is 0.868. The van der Waals surface area contributed by atoms with Gasteiger partial charge in [0.2, 0.25) is 0 Å². The minimum atomic E-state index is -0.232. The molecule has 3 rings (SSSR count). The van der Waals surface area contributed by atoms with Gasteiger partial charge in [0.15, 0.2) is 5.69 Å². The first-order valence-electron chi connectivity index (χ1n) is 6.70. The zero-order valence-corrected chi connectivity index (χ0v) is 11.6. The highest BCUT2D eigenvalue weighted by Crippen LogP contribution is 2.30. The Balaban J connectivity index is 1.58. The Morgan fingerprint density at radius 1 is 1.57 bits per heavy atom. The van der Waals surface area contributed by atoms with E-state index in [9.17, 15) is 4.79 Å². The Labute approximate surface area is 121 Å². The van der Waals surface area contributed by atoms with E-state index in [-0.39, 0.29) is 17.5 Å². The van der Waals surface area contributed by atoms with Crippen molar-refractivity contribution in [2.24, 2.45) is 5.92 Å². The van der Waals surface area contributed by atoms with Crippen LogP contribution in [0.25, 0.3) is 0 Å². The molecule has 0 saturated carbocycles. The fourth-order valence-electron chi connectivity index (χ4n) is 2.31. The summed E-state index contributed by atoms with van der Waals surface area (Å²) in [7, 11) is 1.63. The molecule has 7 nitrogen and oxygen atoms in total. The lowest BCUT2D eigenvalue weighted by atomic mass is 9.96. The number of fused-ring (bicyclic) bond motifs is 1. The Morgan fingerprint density at radius 3 is 3.24 bits per heavy atom. The summed E-state index contributed by atoms with van der Waals surface area (Å²) < 4.78 is 10.9. The van der Waals surface area contributed by atoms with E-state index in [1.54, 1.807) is 7.11 Å². The minimum Gasteiger partial charge on any atom is -0.497 e. The van der Waals surface area contributed by atoms with E-state index >= 15 is 0 Å². The Morgan fingerprint density at radius 2 is 2.48 bits per heavy atom. The van der Waals surface area contributed by atoms with Crippen LogP contribution < -0.4 is 14.8 Å². The van der Waals surface area contributed by atoms with Gasteiger partial charge in [-0.2, -0.15) is 15.4 Å². The normalized spacial score (nSPS) is 16.7. The third-order valence-corrected chi connectivity index (χ3v) is 3.46. The number of amides is 1. The molecule has 0 saturated heterocycles. The third-order valence-electron chi connectivity index (χ3n) is 3.46. The minimum absolute atomic E-state index is 0.232. The molecule has 2 N–H and O–H groups in total. The van der Waals surface area contributed by atoms with Gasteiger partial charge in [-0.25, -0.2) is 0 Å². The molecule has 2 aromatic rings. The van der Waals surface area contributed by atoms with Crippen LogP contribution in [0.4, 0.5) is 0 Å². The van der Waals surface area contributed by atoms with E-state index in [4.69, 9.17) is 9.47 Å². The van der Waals surface area contributed by atoms with Crippen LogP contribution in [-0.2, 0) is 6.42 Å². The second-order valence-electron chi connectivity index (χ2n) is 4.92. The second kappa shape index (κ2) is 5.82. The van der Waals surface area contributed by atoms with Crippen molar-refractivity contribution >= 4 is 5.91 Å². The summed E-state index contributed by atoms with van der Waals surface area (Å²) in [5, 5.41) is 12.6. The lowest BCUT2D eigenvalue weighted by Gasteiger charge is -2.25.